The van der Waals surface area contributed by atoms with E-state index in [1.165, 1.54) is 11.3 Å². The second-order valence-corrected chi connectivity index (χ2v) is 4.33. The van der Waals surface area contributed by atoms with Gasteiger partial charge in [-0.2, -0.15) is 0 Å². The van der Waals surface area contributed by atoms with Gasteiger partial charge < -0.3 is 5.73 Å². The number of nitrogens with two attached hydrogens (primary N) is 1. The third-order valence-corrected chi connectivity index (χ3v) is 3.18. The number of pyridine rings is 1. The second-order valence-electron chi connectivity index (χ2n) is 3.44. The fourth-order valence-corrected chi connectivity index (χ4v) is 2.35. The first-order valence-electron chi connectivity index (χ1n) is 4.94. The van der Waals surface area contributed by atoms with Crippen molar-refractivity contribution in [3.05, 3.63) is 41.7 Å². The van der Waals surface area contributed by atoms with Crippen LogP contribution in [0.15, 0.2) is 36.0 Å². The Bertz CT molecular complexity index is 687. The summed E-state index contributed by atoms with van der Waals surface area (Å²) >= 11 is 1.43. The van der Waals surface area contributed by atoms with Gasteiger partial charge in [0.05, 0.1) is 0 Å². The quantitative estimate of drug-likeness (QED) is 0.743. The van der Waals surface area contributed by atoms with Crippen LogP contribution in [-0.4, -0.2) is 20.3 Å². The molecule has 0 unspecified atom stereocenters. The zero-order valence-corrected chi connectivity index (χ0v) is 9.52. The van der Waals surface area contributed by atoms with Crippen LogP contribution in [0.4, 0.5) is 0 Å². The van der Waals surface area contributed by atoms with Crippen LogP contribution in [0.2, 0.25) is 0 Å². The summed E-state index contributed by atoms with van der Waals surface area (Å²) in [5, 5.41) is 2.53. The molecule has 3 aromatic rings. The minimum Gasteiger partial charge on any atom is -0.364 e. The summed E-state index contributed by atoms with van der Waals surface area (Å²) in [6.45, 7) is 0. The molecule has 3 rings (SSSR count). The molecule has 6 heteroatoms. The summed E-state index contributed by atoms with van der Waals surface area (Å²) in [4.78, 5) is 20.1. The third-order valence-electron chi connectivity index (χ3n) is 2.40. The van der Waals surface area contributed by atoms with Crippen LogP contribution < -0.4 is 5.73 Å². The Morgan fingerprint density at radius 1 is 1.41 bits per heavy atom. The molecule has 1 amide bonds. The van der Waals surface area contributed by atoms with Gasteiger partial charge in [-0.25, -0.2) is 9.97 Å². The monoisotopic (exact) mass is 244 g/mol. The van der Waals surface area contributed by atoms with Crippen molar-refractivity contribution in [1.29, 1.82) is 0 Å². The Morgan fingerprint density at radius 3 is 3.00 bits per heavy atom. The summed E-state index contributed by atoms with van der Waals surface area (Å²) in [6.07, 6.45) is 3.44. The van der Waals surface area contributed by atoms with Crippen LogP contribution in [0.25, 0.3) is 16.3 Å². The summed E-state index contributed by atoms with van der Waals surface area (Å²) in [7, 11) is 0. The fraction of sp³-hybridized carbons (Fsp3) is 0. The van der Waals surface area contributed by atoms with Gasteiger partial charge in [-0.15, -0.1) is 11.3 Å². The Balaban J connectivity index is 2.38. The number of fused-ring (bicyclic) bond motifs is 1. The lowest BCUT2D eigenvalue weighted by molar-refractivity contribution is 0.0995. The molecular formula is C11H8N4OS. The topological polar surface area (TPSA) is 73.3 Å². The van der Waals surface area contributed by atoms with E-state index < -0.39 is 5.91 Å². The number of amides is 1. The number of nitrogens with zero attached hydrogens (tertiary/aromatic N) is 3. The van der Waals surface area contributed by atoms with Gasteiger partial charge in [-0.05, 0) is 12.1 Å². The van der Waals surface area contributed by atoms with E-state index in [1.54, 1.807) is 16.8 Å². The SMILES string of the molecule is NC(=O)c1c(-c2nccs2)nc2ccccn12. The number of carbonyl (C=O) groups excluding carboxylic acids is 1. The van der Waals surface area contributed by atoms with E-state index in [2.05, 4.69) is 9.97 Å². The summed E-state index contributed by atoms with van der Waals surface area (Å²) in [6, 6.07) is 5.51. The highest BCUT2D eigenvalue weighted by Gasteiger charge is 2.19. The van der Waals surface area contributed by atoms with Crippen LogP contribution in [0.5, 0.6) is 0 Å². The lowest BCUT2D eigenvalue weighted by Gasteiger charge is -1.97. The van der Waals surface area contributed by atoms with E-state index in [0.717, 1.165) is 0 Å². The van der Waals surface area contributed by atoms with Gasteiger partial charge in [0, 0.05) is 17.8 Å². The first-order valence-corrected chi connectivity index (χ1v) is 5.82. The van der Waals surface area contributed by atoms with E-state index in [9.17, 15) is 4.79 Å². The number of primary amides is 1. The molecule has 0 aliphatic carbocycles. The van der Waals surface area contributed by atoms with Gasteiger partial charge >= 0.3 is 0 Å². The number of thiazole rings is 1. The van der Waals surface area contributed by atoms with Gasteiger partial charge in [-0.3, -0.25) is 9.20 Å². The van der Waals surface area contributed by atoms with Crippen molar-refractivity contribution in [1.82, 2.24) is 14.4 Å². The number of aromatic nitrogens is 3. The van der Waals surface area contributed by atoms with E-state index in [0.29, 0.717) is 22.0 Å². The molecule has 0 saturated heterocycles. The number of hydrogen-bond acceptors (Lipinski definition) is 4. The zero-order chi connectivity index (χ0) is 11.8. The molecule has 0 spiro atoms. The van der Waals surface area contributed by atoms with Crippen LogP contribution in [0.3, 0.4) is 0 Å². The van der Waals surface area contributed by atoms with E-state index in [-0.39, 0.29) is 0 Å². The molecule has 3 aromatic heterocycles. The van der Waals surface area contributed by atoms with Crippen molar-refractivity contribution in [3.63, 3.8) is 0 Å². The van der Waals surface area contributed by atoms with Crippen molar-refractivity contribution in [2.45, 2.75) is 0 Å². The minimum absolute atomic E-state index is 0.371. The maximum Gasteiger partial charge on any atom is 0.268 e. The molecular weight excluding hydrogens is 236 g/mol. The number of imidazole rings is 1. The Hall–Kier alpha value is -2.21. The Morgan fingerprint density at radius 2 is 2.29 bits per heavy atom. The van der Waals surface area contributed by atoms with Crippen LogP contribution >= 0.6 is 11.3 Å². The highest BCUT2D eigenvalue weighted by Crippen LogP contribution is 2.25. The van der Waals surface area contributed by atoms with Crippen LogP contribution in [-0.2, 0) is 0 Å². The van der Waals surface area contributed by atoms with Crippen molar-refractivity contribution >= 4 is 22.9 Å². The highest BCUT2D eigenvalue weighted by molar-refractivity contribution is 7.13. The first kappa shape index (κ1) is 9.98. The second kappa shape index (κ2) is 3.67. The predicted molar refractivity (Wildman–Crippen MR) is 64.8 cm³/mol. The molecule has 0 radical (unpaired) electrons. The maximum absolute atomic E-state index is 11.5. The third kappa shape index (κ3) is 1.50. The Kier molecular flexibility index (Phi) is 2.15. The fourth-order valence-electron chi connectivity index (χ4n) is 1.72. The normalized spacial score (nSPS) is 10.8. The largest absolute Gasteiger partial charge is 0.364 e. The number of carbonyl (C=O) groups is 1. The van der Waals surface area contributed by atoms with E-state index in [4.69, 9.17) is 5.73 Å². The van der Waals surface area contributed by atoms with Crippen molar-refractivity contribution in [3.8, 4) is 10.7 Å². The van der Waals surface area contributed by atoms with Gasteiger partial charge in [0.15, 0.2) is 0 Å². The molecule has 0 aliphatic rings. The summed E-state index contributed by atoms with van der Waals surface area (Å²) in [5.74, 6) is -0.506. The van der Waals surface area contributed by atoms with E-state index in [1.807, 2.05) is 23.6 Å². The zero-order valence-electron chi connectivity index (χ0n) is 8.70. The molecule has 0 aliphatic heterocycles. The van der Waals surface area contributed by atoms with Crippen LogP contribution in [0.1, 0.15) is 10.5 Å². The van der Waals surface area contributed by atoms with Crippen LogP contribution in [0, 0.1) is 0 Å². The molecule has 3 heterocycles. The average molecular weight is 244 g/mol. The first-order chi connectivity index (χ1) is 8.27. The molecule has 0 fully saturated rings. The number of rotatable bonds is 2. The van der Waals surface area contributed by atoms with Crippen molar-refractivity contribution in [2.75, 3.05) is 0 Å². The van der Waals surface area contributed by atoms with Gasteiger partial charge in [-0.1, -0.05) is 6.07 Å². The molecule has 0 atom stereocenters. The molecule has 5 nitrogen and oxygen atoms in total. The maximum atomic E-state index is 11.5. The summed E-state index contributed by atoms with van der Waals surface area (Å²) < 4.78 is 1.68. The van der Waals surface area contributed by atoms with Crippen molar-refractivity contribution in [2.24, 2.45) is 5.73 Å². The standard InChI is InChI=1S/C11H8N4OS/c12-10(16)9-8(11-13-4-6-17-11)14-7-3-1-2-5-15(7)9/h1-6H,(H2,12,16). The molecule has 2 N–H and O–H groups in total. The number of hydrogen-bond donors (Lipinski definition) is 1. The Labute approximate surface area is 101 Å². The van der Waals surface area contributed by atoms with Gasteiger partial charge in [0.1, 0.15) is 22.0 Å². The molecule has 0 aromatic carbocycles. The van der Waals surface area contributed by atoms with Gasteiger partial charge in [0.25, 0.3) is 5.91 Å². The highest BCUT2D eigenvalue weighted by atomic mass is 32.1. The minimum atomic E-state index is -0.506. The molecule has 0 bridgehead atoms. The summed E-state index contributed by atoms with van der Waals surface area (Å²) in [5.41, 5.74) is 7.01. The molecule has 84 valence electrons. The van der Waals surface area contributed by atoms with Gasteiger partial charge in [0.2, 0.25) is 0 Å². The molecule has 0 saturated carbocycles. The van der Waals surface area contributed by atoms with E-state index >= 15 is 0 Å². The lowest BCUT2D eigenvalue weighted by atomic mass is 10.3. The van der Waals surface area contributed by atoms with Crippen molar-refractivity contribution < 1.29 is 4.79 Å². The predicted octanol–water partition coefficient (Wildman–Crippen LogP) is 1.56. The molecule has 17 heavy (non-hydrogen) atoms. The average Bonchev–Trinajstić information content (AvgIpc) is 2.95. The lowest BCUT2D eigenvalue weighted by Crippen LogP contribution is -2.14. The smallest absolute Gasteiger partial charge is 0.268 e.